The van der Waals surface area contributed by atoms with Gasteiger partial charge in [-0.25, -0.2) is 9.59 Å². The molecule has 314 valence electrons. The summed E-state index contributed by atoms with van der Waals surface area (Å²) < 4.78 is 69.3. The van der Waals surface area contributed by atoms with Crippen LogP contribution in [0.4, 0.5) is 34.1 Å². The molecule has 0 radical (unpaired) electrons. The first-order valence-electron chi connectivity index (χ1n) is 17.3. The zero-order valence-corrected chi connectivity index (χ0v) is 32.7. The molecule has 0 heterocycles. The third-order valence-corrected chi connectivity index (χ3v) is 10.3. The Morgan fingerprint density at radius 2 is 0.855 bits per heavy atom. The first kappa shape index (κ1) is 43.4. The molecule has 62 heavy (non-hydrogen) atoms. The number of nitrogens with zero attached hydrogens (tertiary/aromatic N) is 4. The largest absolute Gasteiger partial charge is 0.505 e. The van der Waals surface area contributed by atoms with Crippen LogP contribution >= 0.6 is 0 Å². The van der Waals surface area contributed by atoms with Crippen molar-refractivity contribution < 1.29 is 65.5 Å². The maximum atomic E-state index is 13.0. The van der Waals surface area contributed by atoms with Gasteiger partial charge in [0.15, 0.2) is 11.5 Å². The van der Waals surface area contributed by atoms with Crippen LogP contribution in [0.15, 0.2) is 139 Å². The van der Waals surface area contributed by atoms with Gasteiger partial charge in [-0.1, -0.05) is 24.3 Å². The first-order chi connectivity index (χ1) is 29.3. The maximum Gasteiger partial charge on any atom is 0.328 e. The zero-order chi connectivity index (χ0) is 44.9. The Labute approximate surface area is 349 Å². The highest BCUT2D eigenvalue weighted by molar-refractivity contribution is 7.86. The van der Waals surface area contributed by atoms with Crippen molar-refractivity contribution in [2.75, 3.05) is 10.6 Å². The highest BCUT2D eigenvalue weighted by Crippen LogP contribution is 2.43. The van der Waals surface area contributed by atoms with Crippen LogP contribution in [0.5, 0.6) is 11.5 Å². The van der Waals surface area contributed by atoms with Gasteiger partial charge in [0.1, 0.15) is 21.2 Å². The Kier molecular flexibility index (Phi) is 12.3. The van der Waals surface area contributed by atoms with Gasteiger partial charge in [0, 0.05) is 34.3 Å². The van der Waals surface area contributed by atoms with E-state index >= 15 is 0 Å². The molecule has 0 aliphatic carbocycles. The van der Waals surface area contributed by atoms with Gasteiger partial charge in [0.2, 0.25) is 0 Å². The van der Waals surface area contributed by atoms with Crippen molar-refractivity contribution >= 4 is 112 Å². The molecular weight excluding hydrogens is 853 g/mol. The summed E-state index contributed by atoms with van der Waals surface area (Å²) in [6, 6.07) is 21.1. The quantitative estimate of drug-likeness (QED) is 0.0255. The molecule has 0 saturated heterocycles. The van der Waals surface area contributed by atoms with Gasteiger partial charge in [-0.15, -0.1) is 10.2 Å². The Morgan fingerprint density at radius 1 is 0.500 bits per heavy atom. The minimum absolute atomic E-state index is 0.0116. The molecule has 20 nitrogen and oxygen atoms in total. The monoisotopic (exact) mass is 880 g/mol. The number of nitrogens with one attached hydrogen (secondary N) is 2. The van der Waals surface area contributed by atoms with Crippen molar-refractivity contribution in [3.8, 4) is 11.5 Å². The molecule has 0 aliphatic heterocycles. The number of amides is 2. The highest BCUT2D eigenvalue weighted by atomic mass is 32.2. The number of aromatic hydroxyl groups is 2. The number of azo groups is 2. The van der Waals surface area contributed by atoms with Gasteiger partial charge >= 0.3 is 23.8 Å². The number of anilines is 2. The minimum Gasteiger partial charge on any atom is -0.505 e. The summed E-state index contributed by atoms with van der Waals surface area (Å²) in [5, 5.41) is 59.7. The maximum absolute atomic E-state index is 13.0. The molecule has 0 fully saturated rings. The molecule has 22 heteroatoms. The van der Waals surface area contributed by atoms with Gasteiger partial charge in [0.05, 0.1) is 11.4 Å². The van der Waals surface area contributed by atoms with Crippen molar-refractivity contribution in [1.82, 2.24) is 0 Å². The number of carbonyl (C=O) groups excluding carboxylic acids is 2. The molecule has 6 aromatic carbocycles. The lowest BCUT2D eigenvalue weighted by Crippen LogP contribution is -2.29. The van der Waals surface area contributed by atoms with Crippen LogP contribution in [-0.2, 0) is 39.4 Å². The van der Waals surface area contributed by atoms with Crippen molar-refractivity contribution in [3.05, 3.63) is 120 Å². The number of phenols is 2. The first-order valence-corrected chi connectivity index (χ1v) is 20.2. The third-order valence-electron chi connectivity index (χ3n) is 8.53. The molecule has 0 spiro atoms. The predicted molar refractivity (Wildman–Crippen MR) is 223 cm³/mol. The number of benzene rings is 6. The Morgan fingerprint density at radius 3 is 1.18 bits per heavy atom. The van der Waals surface area contributed by atoms with Crippen LogP contribution in [0.25, 0.3) is 33.7 Å². The van der Waals surface area contributed by atoms with E-state index in [4.69, 9.17) is 10.2 Å². The number of carboxylic acids is 2. The number of carboxylic acid groups (broad SMARTS) is 2. The number of aliphatic carboxylic acids is 2. The van der Waals surface area contributed by atoms with Crippen molar-refractivity contribution in [2.45, 2.75) is 9.79 Å². The molecular formula is C40H28N6O14S2. The summed E-state index contributed by atoms with van der Waals surface area (Å²) in [6.07, 6.45) is 4.50. The summed E-state index contributed by atoms with van der Waals surface area (Å²) in [7, 11) is -10.1. The number of carbonyl (C=O) groups is 4. The van der Waals surface area contributed by atoms with E-state index < -0.39 is 76.7 Å². The number of hydrogen-bond donors (Lipinski definition) is 8. The topological polar surface area (TPSA) is 331 Å². The van der Waals surface area contributed by atoms with Crippen LogP contribution in [0.3, 0.4) is 0 Å². The summed E-state index contributed by atoms with van der Waals surface area (Å²) >= 11 is 0. The van der Waals surface area contributed by atoms with Gasteiger partial charge in [0.25, 0.3) is 20.2 Å². The smallest absolute Gasteiger partial charge is 0.328 e. The Balaban J connectivity index is 1.21. The van der Waals surface area contributed by atoms with E-state index in [0.717, 1.165) is 24.3 Å². The lowest BCUT2D eigenvalue weighted by Gasteiger charge is -2.12. The molecule has 2 amide bonds. The summed E-state index contributed by atoms with van der Waals surface area (Å²) in [4.78, 5) is 45.7. The second kappa shape index (κ2) is 17.6. The van der Waals surface area contributed by atoms with Gasteiger partial charge < -0.3 is 31.1 Å². The fourth-order valence-electron chi connectivity index (χ4n) is 5.68. The molecule has 0 unspecified atom stereocenters. The highest BCUT2D eigenvalue weighted by Gasteiger charge is 2.24. The predicted octanol–water partition coefficient (Wildman–Crippen LogP) is 7.50. The molecule has 0 saturated carbocycles. The number of phenolic OH excluding ortho intramolecular Hbond substituents is 2. The average molecular weight is 881 g/mol. The van der Waals surface area contributed by atoms with Crippen LogP contribution in [0.1, 0.15) is 11.1 Å². The van der Waals surface area contributed by atoms with Crippen LogP contribution in [0.2, 0.25) is 0 Å². The molecule has 0 atom stereocenters. The van der Waals surface area contributed by atoms with Crippen molar-refractivity contribution in [3.63, 3.8) is 0 Å². The van der Waals surface area contributed by atoms with E-state index in [-0.39, 0.29) is 44.3 Å². The fourth-order valence-corrected chi connectivity index (χ4v) is 6.99. The minimum atomic E-state index is -5.03. The molecule has 8 N–H and O–H groups in total. The van der Waals surface area contributed by atoms with Crippen LogP contribution in [0, 0.1) is 0 Å². The zero-order valence-electron chi connectivity index (χ0n) is 31.1. The van der Waals surface area contributed by atoms with E-state index in [1.165, 1.54) is 97.1 Å². The molecule has 6 aromatic rings. The van der Waals surface area contributed by atoms with Crippen LogP contribution in [-0.4, -0.2) is 70.1 Å². The molecule has 0 bridgehead atoms. The second-order valence-corrected chi connectivity index (χ2v) is 15.6. The average Bonchev–Trinajstić information content (AvgIpc) is 3.21. The summed E-state index contributed by atoms with van der Waals surface area (Å²) in [6.45, 7) is 0. The SMILES string of the molecule is O=C(O)C=Cc1ccc(N=Nc2c(S(=O)(=O)O)cc3cc(NC(=O)C(=O)Nc4ccc5c(O)c(N=Nc6ccc(C=CC(=O)O)cc6)c(S(=O)(=O)O)cc5c4)ccc3c2O)cc1. The Bertz CT molecular complexity index is 2970. The lowest BCUT2D eigenvalue weighted by atomic mass is 10.1. The summed E-state index contributed by atoms with van der Waals surface area (Å²) in [5.74, 6) is -6.19. The number of rotatable bonds is 12. The van der Waals surface area contributed by atoms with E-state index in [2.05, 4.69) is 31.1 Å². The van der Waals surface area contributed by atoms with E-state index in [1.54, 1.807) is 0 Å². The van der Waals surface area contributed by atoms with Crippen molar-refractivity contribution in [2.24, 2.45) is 20.5 Å². The molecule has 6 rings (SSSR count). The lowest BCUT2D eigenvalue weighted by molar-refractivity contribution is -0.132. The normalized spacial score (nSPS) is 12.2. The Hall–Kier alpha value is -8.18. The fraction of sp³-hybridized carbons (Fsp3) is 0. The second-order valence-electron chi connectivity index (χ2n) is 12.8. The molecule has 0 aliphatic rings. The standard InChI is InChI=1S/C40H28N6O14S2/c47-33(48)15-5-21-1-7-25(8-2-21)43-45-35-31(61(55,56)57)19-23-17-27(11-13-29(23)37(35)51)41-39(53)40(54)42-28-12-14-30-24(18-28)20-32(62(58,59)60)36(38(30)52)46-44-26-9-3-22(4-10-26)6-16-34(49)50/h1-20,51-52H,(H,41,53)(H,42,54)(H,47,48)(H,49,50)(H,55,56,57)(H,58,59,60). The van der Waals surface area contributed by atoms with Gasteiger partial charge in [-0.05, 0) is 107 Å². The van der Waals surface area contributed by atoms with E-state index in [0.29, 0.717) is 11.1 Å². The number of fused-ring (bicyclic) bond motifs is 2. The van der Waals surface area contributed by atoms with E-state index in [9.17, 15) is 55.3 Å². The van der Waals surface area contributed by atoms with Gasteiger partial charge in [-0.3, -0.25) is 18.7 Å². The number of hydrogen-bond acceptors (Lipinski definition) is 14. The molecule has 0 aromatic heterocycles. The van der Waals surface area contributed by atoms with Crippen molar-refractivity contribution in [1.29, 1.82) is 0 Å². The van der Waals surface area contributed by atoms with Crippen LogP contribution < -0.4 is 10.6 Å². The van der Waals surface area contributed by atoms with E-state index in [1.807, 2.05) is 0 Å². The summed E-state index contributed by atoms with van der Waals surface area (Å²) in [5.41, 5.74) is 0.0450. The third kappa shape index (κ3) is 10.3. The van der Waals surface area contributed by atoms with Gasteiger partial charge in [-0.2, -0.15) is 27.1 Å².